The summed E-state index contributed by atoms with van der Waals surface area (Å²) >= 11 is 0. The minimum Gasteiger partial charge on any atom is -0.266 e. The molecule has 0 N–H and O–H groups in total. The first-order valence-corrected chi connectivity index (χ1v) is 7.60. The molecule has 0 radical (unpaired) electrons. The van der Waals surface area contributed by atoms with Gasteiger partial charge < -0.3 is 0 Å². The number of halogens is 1. The number of hydrogen-bond acceptors (Lipinski definition) is 1. The number of hydrogen-bond donors (Lipinski definition) is 0. The fourth-order valence-electron chi connectivity index (χ4n) is 2.44. The molecule has 0 aliphatic heterocycles. The first-order chi connectivity index (χ1) is 10.5. The molecule has 1 amide bonds. The average Bonchev–Trinajstić information content (AvgIpc) is 2.55. The largest absolute Gasteiger partial charge is 0.282 e. The van der Waals surface area contributed by atoms with Crippen LogP contribution >= 0.6 is 0 Å². The second-order valence-corrected chi connectivity index (χ2v) is 6.10. The summed E-state index contributed by atoms with van der Waals surface area (Å²) in [6.45, 7) is 3.53. The molecule has 0 fully saturated rings. The highest BCUT2D eigenvalue weighted by Gasteiger charge is 2.31. The molecule has 0 heterocycles. The zero-order valence-electron chi connectivity index (χ0n) is 13.1. The number of rotatable bonds is 6. The van der Waals surface area contributed by atoms with Crippen LogP contribution in [0.2, 0.25) is 0 Å². The molecule has 0 bridgehead atoms. The summed E-state index contributed by atoms with van der Waals surface area (Å²) in [7, 11) is 0. The molecule has 0 saturated heterocycles. The highest BCUT2D eigenvalue weighted by Crippen LogP contribution is 2.24. The van der Waals surface area contributed by atoms with E-state index in [2.05, 4.69) is 12.1 Å². The van der Waals surface area contributed by atoms with Gasteiger partial charge >= 0.3 is 0 Å². The Kier molecular flexibility index (Phi) is 5.31. The third-order valence-electron chi connectivity index (χ3n) is 3.83. The van der Waals surface area contributed by atoms with Gasteiger partial charge in [-0.3, -0.25) is 4.79 Å². The molecule has 22 heavy (non-hydrogen) atoms. The van der Waals surface area contributed by atoms with E-state index >= 15 is 0 Å². The molecule has 2 aromatic rings. The Hall–Kier alpha value is -2.16. The van der Waals surface area contributed by atoms with Gasteiger partial charge in [0.25, 0.3) is 5.91 Å². The fourth-order valence-corrected chi connectivity index (χ4v) is 2.44. The van der Waals surface area contributed by atoms with Crippen LogP contribution in [0.3, 0.4) is 0 Å². The topological polar surface area (TPSA) is 20.3 Å². The molecule has 0 aliphatic rings. The van der Waals surface area contributed by atoms with E-state index < -0.39 is 11.4 Å². The Morgan fingerprint density at radius 1 is 1.00 bits per heavy atom. The summed E-state index contributed by atoms with van der Waals surface area (Å²) in [5, 5.41) is 0.368. The molecule has 0 saturated carbocycles. The second kappa shape index (κ2) is 7.21. The zero-order valence-corrected chi connectivity index (χ0v) is 13.1. The van der Waals surface area contributed by atoms with Gasteiger partial charge in [0.15, 0.2) is 0 Å². The van der Waals surface area contributed by atoms with Crippen LogP contribution in [-0.2, 0) is 6.42 Å². The summed E-state index contributed by atoms with van der Waals surface area (Å²) < 4.78 is 14.5. The normalized spacial score (nSPS) is 11.2. The quantitative estimate of drug-likeness (QED) is 0.701. The third-order valence-corrected chi connectivity index (χ3v) is 3.83. The van der Waals surface area contributed by atoms with Crippen LogP contribution in [0.4, 0.5) is 4.48 Å². The Labute approximate surface area is 131 Å². The predicted octanol–water partition coefficient (Wildman–Crippen LogP) is 4.81. The van der Waals surface area contributed by atoms with Crippen LogP contribution in [-0.4, -0.2) is 16.6 Å². The van der Waals surface area contributed by atoms with Crippen LogP contribution < -0.4 is 0 Å². The smallest absolute Gasteiger partial charge is 0.266 e. The Balaban J connectivity index is 1.93. The minimum absolute atomic E-state index is 0.368. The van der Waals surface area contributed by atoms with Gasteiger partial charge in [-0.2, -0.15) is 5.12 Å². The van der Waals surface area contributed by atoms with Gasteiger partial charge in [0, 0.05) is 5.56 Å². The van der Waals surface area contributed by atoms with E-state index in [0.29, 0.717) is 17.1 Å². The zero-order chi connectivity index (χ0) is 16.0. The van der Waals surface area contributed by atoms with E-state index in [-0.39, 0.29) is 0 Å². The molecular formula is C19H22FNO. The van der Waals surface area contributed by atoms with Crippen LogP contribution in [0.5, 0.6) is 0 Å². The molecule has 0 atom stereocenters. The molecular weight excluding hydrogens is 277 g/mol. The molecule has 2 aromatic carbocycles. The van der Waals surface area contributed by atoms with Gasteiger partial charge in [-0.15, -0.1) is 0 Å². The number of carbonyl (C=O) groups excluding carboxylic acids is 1. The van der Waals surface area contributed by atoms with Crippen molar-refractivity contribution >= 4 is 5.91 Å². The van der Waals surface area contributed by atoms with Gasteiger partial charge in [0.05, 0.1) is 5.54 Å². The van der Waals surface area contributed by atoms with E-state index in [1.807, 2.05) is 24.3 Å². The van der Waals surface area contributed by atoms with E-state index in [0.717, 1.165) is 12.8 Å². The predicted molar refractivity (Wildman–Crippen MR) is 87.2 cm³/mol. The molecule has 0 unspecified atom stereocenters. The number of nitrogens with zero attached hydrogens (tertiary/aromatic N) is 1. The van der Waals surface area contributed by atoms with Gasteiger partial charge in [-0.1, -0.05) is 53.0 Å². The summed E-state index contributed by atoms with van der Waals surface area (Å²) in [6.07, 6.45) is 2.33. The Bertz CT molecular complexity index is 595. The fraction of sp³-hybridized carbons (Fsp3) is 0.316. The van der Waals surface area contributed by atoms with Crippen molar-refractivity contribution in [2.45, 2.75) is 38.6 Å². The Morgan fingerprint density at radius 2 is 1.55 bits per heavy atom. The van der Waals surface area contributed by atoms with E-state index in [9.17, 15) is 9.28 Å². The van der Waals surface area contributed by atoms with E-state index in [4.69, 9.17) is 0 Å². The maximum Gasteiger partial charge on any atom is 0.282 e. The van der Waals surface area contributed by atoms with Gasteiger partial charge in [0.2, 0.25) is 0 Å². The molecule has 116 valence electrons. The molecule has 0 spiro atoms. The lowest BCUT2D eigenvalue weighted by molar-refractivity contribution is -0.0431. The lowest BCUT2D eigenvalue weighted by atomic mass is 9.94. The molecule has 0 aromatic heterocycles. The van der Waals surface area contributed by atoms with Crippen LogP contribution in [0.15, 0.2) is 60.7 Å². The monoisotopic (exact) mass is 299 g/mol. The number of aryl methyl sites for hydroxylation is 1. The maximum absolute atomic E-state index is 14.5. The summed E-state index contributed by atoms with van der Waals surface area (Å²) in [5.74, 6) is -0.578. The second-order valence-electron chi connectivity index (χ2n) is 6.10. The molecule has 0 aliphatic carbocycles. The summed E-state index contributed by atoms with van der Waals surface area (Å²) in [6, 6.07) is 18.7. The average molecular weight is 299 g/mol. The molecule has 2 nitrogen and oxygen atoms in total. The lowest BCUT2D eigenvalue weighted by Crippen LogP contribution is -2.42. The highest BCUT2D eigenvalue weighted by atomic mass is 19.2. The van der Waals surface area contributed by atoms with E-state index in [1.54, 1.807) is 38.1 Å². The minimum atomic E-state index is -0.818. The lowest BCUT2D eigenvalue weighted by Gasteiger charge is -2.31. The molecule has 3 heteroatoms. The van der Waals surface area contributed by atoms with E-state index in [1.165, 1.54) is 5.56 Å². The summed E-state index contributed by atoms with van der Waals surface area (Å²) in [5.41, 5.74) is 0.793. The number of benzene rings is 2. The Morgan fingerprint density at radius 3 is 2.14 bits per heavy atom. The highest BCUT2D eigenvalue weighted by molar-refractivity contribution is 5.93. The van der Waals surface area contributed by atoms with Crippen LogP contribution in [0.25, 0.3) is 0 Å². The van der Waals surface area contributed by atoms with Crippen molar-refractivity contribution in [1.82, 2.24) is 5.12 Å². The molecule has 2 rings (SSSR count). The van der Waals surface area contributed by atoms with Crippen LogP contribution in [0, 0.1) is 0 Å². The van der Waals surface area contributed by atoms with Crippen molar-refractivity contribution in [2.24, 2.45) is 0 Å². The van der Waals surface area contributed by atoms with Crippen molar-refractivity contribution in [3.8, 4) is 0 Å². The third kappa shape index (κ3) is 4.17. The number of carbonyl (C=O) groups is 1. The SMILES string of the molecule is CC(C)(CCCc1ccccc1)N(F)C(=O)c1ccccc1. The van der Waals surface area contributed by atoms with Crippen molar-refractivity contribution in [1.29, 1.82) is 0 Å². The maximum atomic E-state index is 14.5. The summed E-state index contributed by atoms with van der Waals surface area (Å²) in [4.78, 5) is 12.2. The van der Waals surface area contributed by atoms with Gasteiger partial charge in [-0.05, 0) is 50.8 Å². The van der Waals surface area contributed by atoms with Crippen molar-refractivity contribution in [3.05, 3.63) is 71.8 Å². The standard InChI is InChI=1S/C19H22FNO/c1-19(2,15-9-12-16-10-5-3-6-11-16)21(20)18(22)17-13-7-4-8-14-17/h3-8,10-11,13-14H,9,12,15H2,1-2H3. The van der Waals surface area contributed by atoms with Gasteiger partial charge in [-0.25, -0.2) is 0 Å². The first kappa shape index (κ1) is 16.2. The van der Waals surface area contributed by atoms with Crippen LogP contribution in [0.1, 0.15) is 42.6 Å². The van der Waals surface area contributed by atoms with Crippen molar-refractivity contribution in [2.75, 3.05) is 0 Å². The van der Waals surface area contributed by atoms with Gasteiger partial charge in [0.1, 0.15) is 0 Å². The number of amides is 1. The first-order valence-electron chi connectivity index (χ1n) is 7.60. The van der Waals surface area contributed by atoms with Crippen molar-refractivity contribution in [3.63, 3.8) is 0 Å². The van der Waals surface area contributed by atoms with Crippen molar-refractivity contribution < 1.29 is 9.28 Å².